The number of hydrogen-bond donors (Lipinski definition) is 0. The van der Waals surface area contributed by atoms with E-state index in [-0.39, 0.29) is 0 Å². The van der Waals surface area contributed by atoms with E-state index >= 15 is 0 Å². The lowest BCUT2D eigenvalue weighted by molar-refractivity contribution is -0.942. The van der Waals surface area contributed by atoms with Crippen LogP contribution in [0.4, 0.5) is 0 Å². The molecule has 17 heavy (non-hydrogen) atoms. The normalized spacial score (nSPS) is 31.9. The molecule has 4 heteroatoms. The van der Waals surface area contributed by atoms with Gasteiger partial charge >= 0.3 is 0 Å². The fourth-order valence-corrected chi connectivity index (χ4v) is 3.07. The van der Waals surface area contributed by atoms with Crippen molar-refractivity contribution in [2.24, 2.45) is 5.92 Å². The number of piperidine rings is 3. The van der Waals surface area contributed by atoms with Gasteiger partial charge in [0.1, 0.15) is 13.2 Å². The molecule has 0 amide bonds. The summed E-state index contributed by atoms with van der Waals surface area (Å²) in [6.07, 6.45) is 4.31. The maximum atomic E-state index is 5.61. The van der Waals surface area contributed by atoms with Crippen LogP contribution in [0.5, 0.6) is 0 Å². The van der Waals surface area contributed by atoms with Gasteiger partial charge in [-0.25, -0.2) is 9.78 Å². The van der Waals surface area contributed by atoms with Crippen LogP contribution in [0.3, 0.4) is 0 Å². The Hall–Kier alpha value is -0.160. The molecule has 0 unspecified atom stereocenters. The Morgan fingerprint density at radius 1 is 0.941 bits per heavy atom. The summed E-state index contributed by atoms with van der Waals surface area (Å²) in [5.41, 5.74) is 0. The average Bonchev–Trinajstić information content (AvgIpc) is 2.40. The van der Waals surface area contributed by atoms with Gasteiger partial charge in [-0.15, -0.1) is 0 Å². The van der Waals surface area contributed by atoms with Gasteiger partial charge in [0.25, 0.3) is 0 Å². The van der Waals surface area contributed by atoms with E-state index in [9.17, 15) is 0 Å². The molecule has 0 saturated carbocycles. The number of ether oxygens (including phenoxy) is 1. The molecule has 0 spiro atoms. The SMILES string of the molecule is CCOOCCOCC[N+]12CCC(CC1)CC2. The summed E-state index contributed by atoms with van der Waals surface area (Å²) in [6.45, 7) is 9.87. The first-order valence-electron chi connectivity index (χ1n) is 7.02. The van der Waals surface area contributed by atoms with Crippen LogP contribution in [0, 0.1) is 5.92 Å². The van der Waals surface area contributed by atoms with Gasteiger partial charge in [0.15, 0.2) is 0 Å². The second-order valence-electron chi connectivity index (χ2n) is 5.31. The summed E-state index contributed by atoms with van der Waals surface area (Å²) in [6, 6.07) is 0. The molecule has 3 aliphatic rings. The van der Waals surface area contributed by atoms with Crippen molar-refractivity contribution in [1.82, 2.24) is 0 Å². The van der Waals surface area contributed by atoms with Crippen LogP contribution in [0.15, 0.2) is 0 Å². The quantitative estimate of drug-likeness (QED) is 0.281. The summed E-state index contributed by atoms with van der Waals surface area (Å²) < 4.78 is 6.91. The Labute approximate surface area is 104 Å². The van der Waals surface area contributed by atoms with Crippen molar-refractivity contribution in [1.29, 1.82) is 0 Å². The van der Waals surface area contributed by atoms with E-state index in [0.29, 0.717) is 19.8 Å². The first-order chi connectivity index (χ1) is 8.35. The van der Waals surface area contributed by atoms with Gasteiger partial charge in [0, 0.05) is 0 Å². The van der Waals surface area contributed by atoms with Crippen molar-refractivity contribution in [3.05, 3.63) is 0 Å². The third-order valence-electron chi connectivity index (χ3n) is 4.26. The highest BCUT2D eigenvalue weighted by molar-refractivity contribution is 4.71. The van der Waals surface area contributed by atoms with Gasteiger partial charge in [-0.2, -0.15) is 0 Å². The van der Waals surface area contributed by atoms with Crippen LogP contribution in [-0.2, 0) is 14.5 Å². The first kappa shape index (κ1) is 13.3. The van der Waals surface area contributed by atoms with E-state index in [1.165, 1.54) is 49.9 Å². The van der Waals surface area contributed by atoms with Crippen LogP contribution < -0.4 is 0 Å². The lowest BCUT2D eigenvalue weighted by atomic mass is 9.86. The first-order valence-corrected chi connectivity index (χ1v) is 7.02. The van der Waals surface area contributed by atoms with Crippen molar-refractivity contribution in [2.75, 3.05) is 52.6 Å². The van der Waals surface area contributed by atoms with Crippen molar-refractivity contribution in [3.63, 3.8) is 0 Å². The number of quaternary nitrogens is 1. The molecule has 3 aliphatic heterocycles. The van der Waals surface area contributed by atoms with Crippen molar-refractivity contribution < 1.29 is 19.0 Å². The topological polar surface area (TPSA) is 27.7 Å². The minimum atomic E-state index is 0.538. The standard InChI is InChI=1S/C13H26NO3/c1-2-16-17-12-11-15-10-9-14-6-3-13(4-7-14)5-8-14/h13H,2-12H2,1H3/q+1. The van der Waals surface area contributed by atoms with Gasteiger partial charge in [-0.1, -0.05) is 0 Å². The number of nitrogens with zero attached hydrogens (tertiary/aromatic N) is 1. The highest BCUT2D eigenvalue weighted by Crippen LogP contribution is 2.33. The largest absolute Gasteiger partial charge is 0.373 e. The molecule has 3 fully saturated rings. The van der Waals surface area contributed by atoms with E-state index < -0.39 is 0 Å². The van der Waals surface area contributed by atoms with Crippen LogP contribution in [0.1, 0.15) is 26.2 Å². The van der Waals surface area contributed by atoms with Gasteiger partial charge in [0.2, 0.25) is 0 Å². The highest BCUT2D eigenvalue weighted by atomic mass is 17.2. The number of fused-ring (bicyclic) bond motifs is 3. The van der Waals surface area contributed by atoms with Gasteiger partial charge in [-0.3, -0.25) is 0 Å². The Morgan fingerprint density at radius 2 is 1.65 bits per heavy atom. The van der Waals surface area contributed by atoms with E-state index in [1.807, 2.05) is 6.92 Å². The molecular weight excluding hydrogens is 218 g/mol. The van der Waals surface area contributed by atoms with Crippen molar-refractivity contribution >= 4 is 0 Å². The van der Waals surface area contributed by atoms with E-state index in [0.717, 1.165) is 12.5 Å². The Balaban J connectivity index is 1.52. The molecule has 2 bridgehead atoms. The second-order valence-corrected chi connectivity index (χ2v) is 5.31. The van der Waals surface area contributed by atoms with Gasteiger partial charge < -0.3 is 9.22 Å². The second kappa shape index (κ2) is 6.69. The molecule has 3 rings (SSSR count). The maximum absolute atomic E-state index is 5.61. The molecule has 3 heterocycles. The Morgan fingerprint density at radius 3 is 2.29 bits per heavy atom. The molecule has 0 atom stereocenters. The average molecular weight is 244 g/mol. The molecule has 3 saturated heterocycles. The monoisotopic (exact) mass is 244 g/mol. The summed E-state index contributed by atoms with van der Waals surface area (Å²) in [5, 5.41) is 0. The van der Waals surface area contributed by atoms with E-state index in [1.54, 1.807) is 0 Å². The predicted octanol–water partition coefficient (Wildman–Crippen LogP) is 1.60. The summed E-state index contributed by atoms with van der Waals surface area (Å²) in [7, 11) is 0. The summed E-state index contributed by atoms with van der Waals surface area (Å²) in [4.78, 5) is 9.70. The molecule has 0 aromatic carbocycles. The lowest BCUT2D eigenvalue weighted by Crippen LogP contribution is -2.59. The van der Waals surface area contributed by atoms with Crippen molar-refractivity contribution in [3.8, 4) is 0 Å². The molecule has 4 nitrogen and oxygen atoms in total. The summed E-state index contributed by atoms with van der Waals surface area (Å²) in [5.74, 6) is 1.04. The zero-order valence-electron chi connectivity index (χ0n) is 11.0. The fourth-order valence-electron chi connectivity index (χ4n) is 3.07. The number of rotatable bonds is 8. The smallest absolute Gasteiger partial charge is 0.106 e. The molecule has 0 radical (unpaired) electrons. The van der Waals surface area contributed by atoms with E-state index in [2.05, 4.69) is 0 Å². The minimum Gasteiger partial charge on any atom is -0.373 e. The maximum Gasteiger partial charge on any atom is 0.106 e. The van der Waals surface area contributed by atoms with Gasteiger partial charge in [0.05, 0.1) is 39.5 Å². The molecule has 0 aromatic rings. The minimum absolute atomic E-state index is 0.538. The third-order valence-corrected chi connectivity index (χ3v) is 4.26. The van der Waals surface area contributed by atoms with Crippen molar-refractivity contribution in [2.45, 2.75) is 26.2 Å². The Kier molecular flexibility index (Phi) is 5.22. The predicted molar refractivity (Wildman–Crippen MR) is 65.5 cm³/mol. The Bertz CT molecular complexity index is 201. The van der Waals surface area contributed by atoms with Crippen LogP contribution in [0.2, 0.25) is 0 Å². The molecule has 0 aliphatic carbocycles. The zero-order chi connectivity index (χ0) is 12.0. The van der Waals surface area contributed by atoms with E-state index in [4.69, 9.17) is 14.5 Å². The number of hydrogen-bond acceptors (Lipinski definition) is 3. The van der Waals surface area contributed by atoms with Crippen LogP contribution >= 0.6 is 0 Å². The molecule has 0 N–H and O–H groups in total. The fraction of sp³-hybridized carbons (Fsp3) is 1.00. The van der Waals surface area contributed by atoms with Crippen LogP contribution in [-0.4, -0.2) is 57.1 Å². The molecule has 100 valence electrons. The summed E-state index contributed by atoms with van der Waals surface area (Å²) >= 11 is 0. The van der Waals surface area contributed by atoms with Gasteiger partial charge in [-0.05, 0) is 32.1 Å². The lowest BCUT2D eigenvalue weighted by Gasteiger charge is -2.49. The van der Waals surface area contributed by atoms with Crippen LogP contribution in [0.25, 0.3) is 0 Å². The zero-order valence-corrected chi connectivity index (χ0v) is 11.0. The highest BCUT2D eigenvalue weighted by Gasteiger charge is 2.39. The third kappa shape index (κ3) is 3.91. The molecular formula is C13H26NO3+. The molecule has 0 aromatic heterocycles.